The fourth-order valence-electron chi connectivity index (χ4n) is 3.29. The Balaban J connectivity index is 1.73. The smallest absolute Gasteiger partial charge is 0.239 e. The average Bonchev–Trinajstić information content (AvgIpc) is 2.85. The molecule has 0 aromatic rings. The molecular formula is C16H28N2O2S. The van der Waals surface area contributed by atoms with Crippen molar-refractivity contribution in [3.8, 4) is 0 Å². The van der Waals surface area contributed by atoms with E-state index < -0.39 is 0 Å². The molecule has 1 aliphatic carbocycles. The van der Waals surface area contributed by atoms with Gasteiger partial charge in [0.05, 0.1) is 11.6 Å². The van der Waals surface area contributed by atoms with Crippen molar-refractivity contribution >= 4 is 23.6 Å². The van der Waals surface area contributed by atoms with Gasteiger partial charge >= 0.3 is 0 Å². The summed E-state index contributed by atoms with van der Waals surface area (Å²) >= 11 is 1.58. The van der Waals surface area contributed by atoms with Crippen LogP contribution in [0, 0.1) is 11.3 Å². The third kappa shape index (κ3) is 4.38. The van der Waals surface area contributed by atoms with E-state index in [9.17, 15) is 9.59 Å². The van der Waals surface area contributed by atoms with Crippen molar-refractivity contribution in [1.82, 2.24) is 10.2 Å². The Hall–Kier alpha value is -0.710. The lowest BCUT2D eigenvalue weighted by molar-refractivity contribution is -0.132. The normalized spacial score (nSPS) is 27.0. The van der Waals surface area contributed by atoms with Crippen LogP contribution >= 0.6 is 11.8 Å². The number of amides is 2. The molecule has 0 bridgehead atoms. The Morgan fingerprint density at radius 3 is 2.52 bits per heavy atom. The summed E-state index contributed by atoms with van der Waals surface area (Å²) in [6, 6.07) is 0.298. The van der Waals surface area contributed by atoms with Crippen LogP contribution in [0.1, 0.15) is 52.9 Å². The quantitative estimate of drug-likeness (QED) is 0.849. The second-order valence-electron chi connectivity index (χ2n) is 7.03. The van der Waals surface area contributed by atoms with Crippen molar-refractivity contribution in [2.75, 3.05) is 18.2 Å². The number of nitrogens with one attached hydrogen (secondary N) is 1. The van der Waals surface area contributed by atoms with E-state index in [0.717, 1.165) is 18.8 Å². The van der Waals surface area contributed by atoms with E-state index in [2.05, 4.69) is 26.1 Å². The zero-order chi connectivity index (χ0) is 15.5. The maximum absolute atomic E-state index is 12.0. The van der Waals surface area contributed by atoms with E-state index in [-0.39, 0.29) is 18.4 Å². The molecule has 2 rings (SSSR count). The van der Waals surface area contributed by atoms with Crippen molar-refractivity contribution in [1.29, 1.82) is 0 Å². The minimum atomic E-state index is 0.00375. The SMILES string of the molecule is CCC(C)(C)C1CCC(NC(=O)CN2CSCC2=O)CC1. The van der Waals surface area contributed by atoms with Gasteiger partial charge in [-0.3, -0.25) is 9.59 Å². The van der Waals surface area contributed by atoms with Gasteiger partial charge in [0.15, 0.2) is 0 Å². The molecular weight excluding hydrogens is 284 g/mol. The lowest BCUT2D eigenvalue weighted by Crippen LogP contribution is -2.44. The van der Waals surface area contributed by atoms with Gasteiger partial charge in [-0.05, 0) is 37.0 Å². The van der Waals surface area contributed by atoms with Crippen LogP contribution in [-0.2, 0) is 9.59 Å². The third-order valence-electron chi connectivity index (χ3n) is 5.27. The van der Waals surface area contributed by atoms with Crippen molar-refractivity contribution < 1.29 is 9.59 Å². The highest BCUT2D eigenvalue weighted by molar-refractivity contribution is 8.00. The Labute approximate surface area is 132 Å². The van der Waals surface area contributed by atoms with E-state index in [0.29, 0.717) is 23.1 Å². The van der Waals surface area contributed by atoms with Crippen molar-refractivity contribution in [2.24, 2.45) is 11.3 Å². The fourth-order valence-corrected chi connectivity index (χ4v) is 4.20. The van der Waals surface area contributed by atoms with E-state index in [1.165, 1.54) is 19.3 Å². The van der Waals surface area contributed by atoms with Crippen LogP contribution in [0.25, 0.3) is 0 Å². The molecule has 21 heavy (non-hydrogen) atoms. The number of carbonyl (C=O) groups excluding carboxylic acids is 2. The van der Waals surface area contributed by atoms with Gasteiger partial charge in [0.25, 0.3) is 0 Å². The van der Waals surface area contributed by atoms with Gasteiger partial charge < -0.3 is 10.2 Å². The van der Waals surface area contributed by atoms with Gasteiger partial charge in [0.2, 0.25) is 11.8 Å². The molecule has 0 atom stereocenters. The second kappa shape index (κ2) is 7.03. The molecule has 5 heteroatoms. The highest BCUT2D eigenvalue weighted by Gasteiger charge is 2.32. The lowest BCUT2D eigenvalue weighted by atomic mass is 9.69. The number of nitrogens with zero attached hydrogens (tertiary/aromatic N) is 1. The summed E-state index contributed by atoms with van der Waals surface area (Å²) in [6.45, 7) is 7.20. The maximum atomic E-state index is 12.0. The van der Waals surface area contributed by atoms with Gasteiger partial charge in [-0.1, -0.05) is 27.2 Å². The molecule has 120 valence electrons. The first kappa shape index (κ1) is 16.7. The average molecular weight is 312 g/mol. The minimum Gasteiger partial charge on any atom is -0.352 e. The summed E-state index contributed by atoms with van der Waals surface area (Å²) in [5.74, 6) is 2.04. The van der Waals surface area contributed by atoms with E-state index >= 15 is 0 Å². The molecule has 0 aromatic heterocycles. The van der Waals surface area contributed by atoms with Gasteiger partial charge in [-0.2, -0.15) is 0 Å². The van der Waals surface area contributed by atoms with Gasteiger partial charge in [-0.15, -0.1) is 11.8 Å². The second-order valence-corrected chi connectivity index (χ2v) is 7.98. The van der Waals surface area contributed by atoms with Crippen LogP contribution in [0.15, 0.2) is 0 Å². The topological polar surface area (TPSA) is 49.4 Å². The minimum absolute atomic E-state index is 0.00375. The van der Waals surface area contributed by atoms with Crippen molar-refractivity contribution in [3.63, 3.8) is 0 Å². The number of thioether (sulfide) groups is 1. The summed E-state index contributed by atoms with van der Waals surface area (Å²) in [5.41, 5.74) is 0.411. The molecule has 0 unspecified atom stereocenters. The van der Waals surface area contributed by atoms with Gasteiger partial charge in [-0.25, -0.2) is 0 Å². The maximum Gasteiger partial charge on any atom is 0.239 e. The Bertz CT molecular complexity index is 390. The first-order valence-corrected chi connectivity index (χ1v) is 9.22. The highest BCUT2D eigenvalue weighted by Crippen LogP contribution is 2.40. The number of hydrogen-bond donors (Lipinski definition) is 1. The number of rotatable bonds is 5. The van der Waals surface area contributed by atoms with Crippen molar-refractivity contribution in [3.05, 3.63) is 0 Å². The fraction of sp³-hybridized carbons (Fsp3) is 0.875. The molecule has 2 fully saturated rings. The number of hydrogen-bond acceptors (Lipinski definition) is 3. The van der Waals surface area contributed by atoms with E-state index in [1.807, 2.05) is 0 Å². The van der Waals surface area contributed by atoms with Crippen LogP contribution < -0.4 is 5.32 Å². The molecule has 2 amide bonds. The molecule has 0 radical (unpaired) electrons. The molecule has 1 aliphatic heterocycles. The van der Waals surface area contributed by atoms with Crippen LogP contribution in [0.4, 0.5) is 0 Å². The Kier molecular flexibility index (Phi) is 5.58. The first-order valence-electron chi connectivity index (χ1n) is 8.07. The van der Waals surface area contributed by atoms with Crippen molar-refractivity contribution in [2.45, 2.75) is 58.9 Å². The van der Waals surface area contributed by atoms with Crippen LogP contribution in [0.5, 0.6) is 0 Å². The van der Waals surface area contributed by atoms with Gasteiger partial charge in [0.1, 0.15) is 6.54 Å². The third-order valence-corrected chi connectivity index (χ3v) is 6.21. The standard InChI is InChI=1S/C16H28N2O2S/c1-4-16(2,3)12-5-7-13(8-6-12)17-14(19)9-18-11-21-10-15(18)20/h12-13H,4-11H2,1-3H3,(H,17,19). The molecule has 4 nitrogen and oxygen atoms in total. The molecule has 1 saturated carbocycles. The van der Waals surface area contributed by atoms with Gasteiger partial charge in [0, 0.05) is 6.04 Å². The van der Waals surface area contributed by atoms with Crippen LogP contribution in [-0.4, -0.2) is 40.9 Å². The lowest BCUT2D eigenvalue weighted by Gasteiger charge is -2.39. The number of carbonyl (C=O) groups is 2. The molecule has 1 saturated heterocycles. The largest absolute Gasteiger partial charge is 0.352 e. The molecule has 0 spiro atoms. The predicted octanol–water partition coefficient (Wildman–Crippen LogP) is 2.63. The Morgan fingerprint density at radius 2 is 2.00 bits per heavy atom. The molecule has 1 N–H and O–H groups in total. The first-order chi connectivity index (χ1) is 9.92. The molecule has 1 heterocycles. The summed E-state index contributed by atoms with van der Waals surface area (Å²) in [6.07, 6.45) is 5.75. The van der Waals surface area contributed by atoms with E-state index in [4.69, 9.17) is 0 Å². The van der Waals surface area contributed by atoms with Crippen LogP contribution in [0.3, 0.4) is 0 Å². The summed E-state index contributed by atoms with van der Waals surface area (Å²) in [5, 5.41) is 3.11. The zero-order valence-corrected chi connectivity index (χ0v) is 14.3. The Morgan fingerprint density at radius 1 is 1.33 bits per heavy atom. The summed E-state index contributed by atoms with van der Waals surface area (Å²) < 4.78 is 0. The highest BCUT2D eigenvalue weighted by atomic mass is 32.2. The molecule has 0 aromatic carbocycles. The summed E-state index contributed by atoms with van der Waals surface area (Å²) in [4.78, 5) is 25.2. The van der Waals surface area contributed by atoms with Crippen LogP contribution in [0.2, 0.25) is 0 Å². The summed E-state index contributed by atoms with van der Waals surface area (Å²) in [7, 11) is 0. The zero-order valence-electron chi connectivity index (χ0n) is 13.5. The predicted molar refractivity (Wildman–Crippen MR) is 87.0 cm³/mol. The molecule has 2 aliphatic rings. The van der Waals surface area contributed by atoms with E-state index in [1.54, 1.807) is 16.7 Å². The monoisotopic (exact) mass is 312 g/mol.